The van der Waals surface area contributed by atoms with Crippen LogP contribution >= 0.6 is 51.1 Å². The van der Waals surface area contributed by atoms with E-state index in [1.54, 1.807) is 11.3 Å². The largest absolute Gasteiger partial charge is 0.362 e. The molecule has 1 aromatic carbocycles. The van der Waals surface area contributed by atoms with Crippen molar-refractivity contribution in [3.05, 3.63) is 50.1 Å². The van der Waals surface area contributed by atoms with Gasteiger partial charge < -0.3 is 10.6 Å². The van der Waals surface area contributed by atoms with Gasteiger partial charge in [0.1, 0.15) is 0 Å². The van der Waals surface area contributed by atoms with Gasteiger partial charge in [0.15, 0.2) is 5.11 Å². The highest BCUT2D eigenvalue weighted by Crippen LogP contribution is 2.25. The summed E-state index contributed by atoms with van der Waals surface area (Å²) in [4.78, 5) is 1.35. The molecule has 0 saturated heterocycles. The molecule has 100 valence electrons. The zero-order valence-electron chi connectivity index (χ0n) is 9.95. The van der Waals surface area contributed by atoms with Gasteiger partial charge in [0, 0.05) is 21.6 Å². The van der Waals surface area contributed by atoms with Crippen LogP contribution < -0.4 is 10.6 Å². The zero-order valence-corrected chi connectivity index (χ0v) is 13.9. The molecule has 0 bridgehead atoms. The molecule has 1 heterocycles. The normalized spacial score (nSPS) is 10.2. The first-order valence-electron chi connectivity index (χ1n) is 5.67. The van der Waals surface area contributed by atoms with Crippen LogP contribution in [0.5, 0.6) is 0 Å². The third-order valence-corrected chi connectivity index (χ3v) is 4.83. The molecule has 2 rings (SSSR count). The Morgan fingerprint density at radius 3 is 2.89 bits per heavy atom. The summed E-state index contributed by atoms with van der Waals surface area (Å²) >= 11 is 16.4. The van der Waals surface area contributed by atoms with Crippen molar-refractivity contribution in [2.45, 2.75) is 6.42 Å². The van der Waals surface area contributed by atoms with E-state index in [1.165, 1.54) is 4.88 Å². The summed E-state index contributed by atoms with van der Waals surface area (Å²) in [7, 11) is 0. The topological polar surface area (TPSA) is 24.1 Å². The molecule has 0 aliphatic rings. The Hall–Kier alpha value is -0.620. The SMILES string of the molecule is S=C(NCCc1cccs1)Nc1ccc(Br)c(Cl)c1. The molecule has 2 N–H and O–H groups in total. The molecular formula is C13H12BrClN2S2. The van der Waals surface area contributed by atoms with Crippen molar-refractivity contribution >= 4 is 61.9 Å². The number of anilines is 1. The van der Waals surface area contributed by atoms with Gasteiger partial charge in [-0.3, -0.25) is 0 Å². The van der Waals surface area contributed by atoms with E-state index in [0.29, 0.717) is 10.1 Å². The Labute approximate surface area is 135 Å². The Morgan fingerprint density at radius 2 is 2.21 bits per heavy atom. The van der Waals surface area contributed by atoms with E-state index < -0.39 is 0 Å². The Kier molecular flexibility index (Phi) is 5.63. The quantitative estimate of drug-likeness (QED) is 0.758. The molecule has 0 amide bonds. The van der Waals surface area contributed by atoms with Crippen LogP contribution in [0, 0.1) is 0 Å². The molecule has 19 heavy (non-hydrogen) atoms. The smallest absolute Gasteiger partial charge is 0.170 e. The summed E-state index contributed by atoms with van der Waals surface area (Å²) < 4.78 is 0.872. The lowest BCUT2D eigenvalue weighted by Gasteiger charge is -2.10. The second-order valence-corrected chi connectivity index (χ2v) is 6.54. The number of thiophene rings is 1. The van der Waals surface area contributed by atoms with Crippen LogP contribution in [0.3, 0.4) is 0 Å². The summed E-state index contributed by atoms with van der Waals surface area (Å²) in [6, 6.07) is 9.82. The lowest BCUT2D eigenvalue weighted by molar-refractivity contribution is 0.885. The Morgan fingerprint density at radius 1 is 1.37 bits per heavy atom. The van der Waals surface area contributed by atoms with E-state index in [-0.39, 0.29) is 0 Å². The highest BCUT2D eigenvalue weighted by molar-refractivity contribution is 9.10. The summed E-state index contributed by atoms with van der Waals surface area (Å²) in [6.45, 7) is 0.816. The molecule has 2 aromatic rings. The number of nitrogens with one attached hydrogen (secondary N) is 2. The average molecular weight is 376 g/mol. The summed E-state index contributed by atoms with van der Waals surface area (Å²) in [5, 5.41) is 9.63. The van der Waals surface area contributed by atoms with Crippen LogP contribution in [0.25, 0.3) is 0 Å². The van der Waals surface area contributed by atoms with Gasteiger partial charge in [-0.25, -0.2) is 0 Å². The first-order valence-corrected chi connectivity index (χ1v) is 8.13. The monoisotopic (exact) mass is 374 g/mol. The van der Waals surface area contributed by atoms with Crippen molar-refractivity contribution in [3.63, 3.8) is 0 Å². The van der Waals surface area contributed by atoms with Gasteiger partial charge >= 0.3 is 0 Å². The second-order valence-electron chi connectivity index (χ2n) is 3.84. The number of halogens is 2. The number of thiocarbonyl (C=S) groups is 1. The summed E-state index contributed by atoms with van der Waals surface area (Å²) in [5.41, 5.74) is 0.877. The molecule has 0 aliphatic heterocycles. The maximum atomic E-state index is 6.02. The molecule has 0 aliphatic carbocycles. The van der Waals surface area contributed by atoms with Crippen molar-refractivity contribution in [2.75, 3.05) is 11.9 Å². The van der Waals surface area contributed by atoms with Crippen molar-refractivity contribution in [1.82, 2.24) is 5.32 Å². The fraction of sp³-hybridized carbons (Fsp3) is 0.154. The van der Waals surface area contributed by atoms with E-state index in [1.807, 2.05) is 18.2 Å². The van der Waals surface area contributed by atoms with E-state index in [2.05, 4.69) is 44.1 Å². The third-order valence-electron chi connectivity index (χ3n) is 2.41. The van der Waals surface area contributed by atoms with Crippen LogP contribution in [0.2, 0.25) is 5.02 Å². The first-order chi connectivity index (χ1) is 9.15. The van der Waals surface area contributed by atoms with Gasteiger partial charge in [-0.1, -0.05) is 17.7 Å². The first kappa shape index (κ1) is 14.8. The lowest BCUT2D eigenvalue weighted by Crippen LogP contribution is -2.30. The van der Waals surface area contributed by atoms with Crippen LogP contribution in [-0.4, -0.2) is 11.7 Å². The number of hydrogen-bond acceptors (Lipinski definition) is 2. The Bertz CT molecular complexity index is 558. The van der Waals surface area contributed by atoms with Gasteiger partial charge in [0.05, 0.1) is 5.02 Å². The van der Waals surface area contributed by atoms with Crippen LogP contribution in [0.15, 0.2) is 40.2 Å². The molecule has 0 saturated carbocycles. The van der Waals surface area contributed by atoms with Crippen molar-refractivity contribution < 1.29 is 0 Å². The molecule has 0 fully saturated rings. The minimum absolute atomic E-state index is 0.606. The number of hydrogen-bond donors (Lipinski definition) is 2. The zero-order chi connectivity index (χ0) is 13.7. The fourth-order valence-electron chi connectivity index (χ4n) is 1.50. The molecule has 0 atom stereocenters. The highest BCUT2D eigenvalue weighted by Gasteiger charge is 2.01. The molecule has 6 heteroatoms. The van der Waals surface area contributed by atoms with Crippen molar-refractivity contribution in [3.8, 4) is 0 Å². The minimum atomic E-state index is 0.606. The summed E-state index contributed by atoms with van der Waals surface area (Å²) in [5.74, 6) is 0. The van der Waals surface area contributed by atoms with Crippen LogP contribution in [0.1, 0.15) is 4.88 Å². The maximum absolute atomic E-state index is 6.02. The predicted octanol–water partition coefficient (Wildman–Crippen LogP) is 4.69. The third kappa shape index (κ3) is 4.76. The van der Waals surface area contributed by atoms with Crippen molar-refractivity contribution in [2.24, 2.45) is 0 Å². The fourth-order valence-corrected chi connectivity index (χ4v) is 2.86. The van der Waals surface area contributed by atoms with Crippen LogP contribution in [-0.2, 0) is 6.42 Å². The molecule has 1 aromatic heterocycles. The molecule has 0 radical (unpaired) electrons. The molecule has 0 spiro atoms. The van der Waals surface area contributed by atoms with Gasteiger partial charge in [-0.05, 0) is 64.2 Å². The van der Waals surface area contributed by atoms with Gasteiger partial charge in [-0.15, -0.1) is 11.3 Å². The maximum Gasteiger partial charge on any atom is 0.170 e. The number of rotatable bonds is 4. The minimum Gasteiger partial charge on any atom is -0.362 e. The Balaban J connectivity index is 1.79. The number of benzene rings is 1. The lowest BCUT2D eigenvalue weighted by atomic mass is 10.3. The summed E-state index contributed by atoms with van der Waals surface area (Å²) in [6.07, 6.45) is 0.973. The van der Waals surface area contributed by atoms with E-state index >= 15 is 0 Å². The standard InChI is InChI=1S/C13H12BrClN2S2/c14-11-4-3-9(8-12(11)15)17-13(18)16-6-5-10-2-1-7-19-10/h1-4,7-8H,5-6H2,(H2,16,17,18). The van der Waals surface area contributed by atoms with E-state index in [9.17, 15) is 0 Å². The highest BCUT2D eigenvalue weighted by atomic mass is 79.9. The van der Waals surface area contributed by atoms with E-state index in [4.69, 9.17) is 23.8 Å². The predicted molar refractivity (Wildman–Crippen MR) is 91.4 cm³/mol. The van der Waals surface area contributed by atoms with Gasteiger partial charge in [-0.2, -0.15) is 0 Å². The van der Waals surface area contributed by atoms with E-state index in [0.717, 1.165) is 23.1 Å². The second kappa shape index (κ2) is 7.24. The van der Waals surface area contributed by atoms with Gasteiger partial charge in [0.25, 0.3) is 0 Å². The van der Waals surface area contributed by atoms with Crippen molar-refractivity contribution in [1.29, 1.82) is 0 Å². The molecule has 0 unspecified atom stereocenters. The molecule has 2 nitrogen and oxygen atoms in total. The van der Waals surface area contributed by atoms with Gasteiger partial charge in [0.2, 0.25) is 0 Å². The van der Waals surface area contributed by atoms with Crippen LogP contribution in [0.4, 0.5) is 5.69 Å². The molecular weight excluding hydrogens is 364 g/mol. The average Bonchev–Trinajstić information content (AvgIpc) is 2.87.